The van der Waals surface area contributed by atoms with Gasteiger partial charge in [0.1, 0.15) is 0 Å². The fourth-order valence-electron chi connectivity index (χ4n) is 12.9. The van der Waals surface area contributed by atoms with E-state index >= 15 is 0 Å². The van der Waals surface area contributed by atoms with E-state index in [4.69, 9.17) is 11.6 Å². The Morgan fingerprint density at radius 3 is 1.38 bits per heavy atom. The van der Waals surface area contributed by atoms with Crippen LogP contribution in [0.5, 0.6) is 0 Å². The van der Waals surface area contributed by atoms with Crippen molar-refractivity contribution in [2.24, 2.45) is 0 Å². The summed E-state index contributed by atoms with van der Waals surface area (Å²) >= 11 is 8.28. The summed E-state index contributed by atoms with van der Waals surface area (Å²) in [5, 5.41) is 18.1. The average molecular weight is 1070 g/mol. The van der Waals surface area contributed by atoms with Crippen LogP contribution in [0, 0.1) is 0 Å². The molecule has 3 heteroatoms. The first-order valence-electron chi connectivity index (χ1n) is 27.6. The lowest BCUT2D eigenvalue weighted by Gasteiger charge is -2.26. The van der Waals surface area contributed by atoms with Crippen LogP contribution < -0.4 is 4.90 Å². The largest absolute Gasteiger partial charge is 0.310 e. The van der Waals surface area contributed by atoms with Crippen molar-refractivity contribution in [2.45, 2.75) is 0 Å². The van der Waals surface area contributed by atoms with Crippen LogP contribution in [0.25, 0.3) is 140 Å². The highest BCUT2D eigenvalue weighted by Gasteiger charge is 2.20. The van der Waals surface area contributed by atoms with Crippen LogP contribution in [0.15, 0.2) is 291 Å². The molecule has 0 spiro atoms. The molecule has 0 amide bonds. The van der Waals surface area contributed by atoms with Gasteiger partial charge in [0.25, 0.3) is 0 Å². The van der Waals surface area contributed by atoms with Gasteiger partial charge in [-0.15, -0.1) is 11.3 Å². The second-order valence-corrected chi connectivity index (χ2v) is 22.8. The molecule has 1 aromatic heterocycles. The number of halogens is 1. The number of fused-ring (bicyclic) bond motifs is 12. The maximum Gasteiger partial charge on any atom is 0.0468 e. The number of benzene rings is 15. The van der Waals surface area contributed by atoms with Gasteiger partial charge >= 0.3 is 0 Å². The molecule has 1 heterocycles. The van der Waals surface area contributed by atoms with Gasteiger partial charge in [0.15, 0.2) is 0 Å². The van der Waals surface area contributed by atoms with E-state index in [1.165, 1.54) is 129 Å². The smallest absolute Gasteiger partial charge is 0.0468 e. The summed E-state index contributed by atoms with van der Waals surface area (Å²) < 4.78 is 2.58. The van der Waals surface area contributed by atoms with Crippen LogP contribution in [-0.4, -0.2) is 0 Å². The molecule has 0 saturated heterocycles. The molecule has 0 N–H and O–H groups in total. The summed E-state index contributed by atoms with van der Waals surface area (Å²) in [5.41, 5.74) is 15.2. The van der Waals surface area contributed by atoms with E-state index in [1.807, 2.05) is 23.5 Å². The lowest BCUT2D eigenvalue weighted by molar-refractivity contribution is 1.29. The standard InChI is InChI=1S/C78H48ClNS/c79-56-35-28-50(29-36-56)72-45-54-16-3-6-20-63(54)78-64(25-13-26-70(72)78)55-34-42-68-62-19-5-2-15-53(62)46-73(74(68)47-55)66-22-8-7-17-60(66)49-30-37-57(38-31-49)80(59-41-43-77-75(48-59)69-24-11-12-27-76(69)81-77)58-39-32-51(33-40-58)71-44-52-14-1-4-18-61(52)65-21-9-10-23-67(65)71/h1-48H. The summed E-state index contributed by atoms with van der Waals surface area (Å²) in [5.74, 6) is 0. The average Bonchev–Trinajstić information content (AvgIpc) is 3.97. The Kier molecular flexibility index (Phi) is 11.2. The van der Waals surface area contributed by atoms with Crippen molar-refractivity contribution >= 4 is 125 Å². The summed E-state index contributed by atoms with van der Waals surface area (Å²) in [6.45, 7) is 0. The Labute approximate surface area is 478 Å². The minimum absolute atomic E-state index is 0.732. The molecule has 81 heavy (non-hydrogen) atoms. The lowest BCUT2D eigenvalue weighted by atomic mass is 9.86. The first-order valence-corrected chi connectivity index (χ1v) is 28.8. The fourth-order valence-corrected chi connectivity index (χ4v) is 14.1. The molecule has 0 saturated carbocycles. The maximum absolute atomic E-state index is 6.43. The van der Waals surface area contributed by atoms with Crippen molar-refractivity contribution in [3.05, 3.63) is 296 Å². The number of anilines is 3. The number of rotatable bonds is 8. The molecule has 16 aromatic rings. The van der Waals surface area contributed by atoms with E-state index in [2.05, 4.69) is 284 Å². The van der Waals surface area contributed by atoms with Crippen molar-refractivity contribution < 1.29 is 0 Å². The zero-order chi connectivity index (χ0) is 53.5. The molecule has 0 bridgehead atoms. The molecular formula is C78H48ClNS. The molecular weight excluding hydrogens is 1020 g/mol. The zero-order valence-electron chi connectivity index (χ0n) is 43.9. The molecule has 0 unspecified atom stereocenters. The van der Waals surface area contributed by atoms with Crippen LogP contribution in [-0.2, 0) is 0 Å². The van der Waals surface area contributed by atoms with Crippen LogP contribution in [0.2, 0.25) is 5.02 Å². The van der Waals surface area contributed by atoms with E-state index in [0.717, 1.165) is 33.2 Å². The molecule has 0 aliphatic carbocycles. The van der Waals surface area contributed by atoms with E-state index in [0.29, 0.717) is 0 Å². The Balaban J connectivity index is 0.833. The molecule has 0 fully saturated rings. The molecule has 378 valence electrons. The highest BCUT2D eigenvalue weighted by Crippen LogP contribution is 2.47. The summed E-state index contributed by atoms with van der Waals surface area (Å²) in [4.78, 5) is 2.41. The van der Waals surface area contributed by atoms with Gasteiger partial charge in [-0.05, 0) is 205 Å². The van der Waals surface area contributed by atoms with E-state index in [9.17, 15) is 0 Å². The molecule has 15 aromatic carbocycles. The predicted octanol–water partition coefficient (Wildman–Crippen LogP) is 23.4. The Hall–Kier alpha value is -9.83. The normalized spacial score (nSPS) is 11.8. The van der Waals surface area contributed by atoms with Crippen LogP contribution in [0.1, 0.15) is 0 Å². The monoisotopic (exact) mass is 1070 g/mol. The molecule has 0 aliphatic heterocycles. The number of hydrogen-bond acceptors (Lipinski definition) is 2. The van der Waals surface area contributed by atoms with Crippen LogP contribution in [0.4, 0.5) is 17.1 Å². The van der Waals surface area contributed by atoms with E-state index in [-0.39, 0.29) is 0 Å². The third kappa shape index (κ3) is 7.98. The number of hydrogen-bond donors (Lipinski definition) is 0. The summed E-state index contributed by atoms with van der Waals surface area (Å²) in [6.07, 6.45) is 0. The predicted molar refractivity (Wildman–Crippen MR) is 351 cm³/mol. The van der Waals surface area contributed by atoms with Gasteiger partial charge in [-0.2, -0.15) is 0 Å². The number of thiophene rings is 1. The highest BCUT2D eigenvalue weighted by atomic mass is 35.5. The van der Waals surface area contributed by atoms with Crippen molar-refractivity contribution in [2.75, 3.05) is 4.90 Å². The molecule has 0 aliphatic rings. The van der Waals surface area contributed by atoms with Gasteiger partial charge in [-0.3, -0.25) is 0 Å². The zero-order valence-corrected chi connectivity index (χ0v) is 45.5. The van der Waals surface area contributed by atoms with Gasteiger partial charge in [-0.25, -0.2) is 0 Å². The van der Waals surface area contributed by atoms with Gasteiger partial charge in [0.05, 0.1) is 0 Å². The first kappa shape index (κ1) is 47.2. The minimum Gasteiger partial charge on any atom is -0.310 e. The second kappa shape index (κ2) is 19.2. The van der Waals surface area contributed by atoms with Gasteiger partial charge in [-0.1, -0.05) is 218 Å². The molecule has 1 nitrogen and oxygen atoms in total. The fraction of sp³-hybridized carbons (Fsp3) is 0. The Morgan fingerprint density at radius 1 is 0.235 bits per heavy atom. The maximum atomic E-state index is 6.43. The Morgan fingerprint density at radius 2 is 0.691 bits per heavy atom. The topological polar surface area (TPSA) is 3.24 Å². The summed E-state index contributed by atoms with van der Waals surface area (Å²) in [7, 11) is 0. The van der Waals surface area contributed by atoms with Crippen LogP contribution in [0.3, 0.4) is 0 Å². The quantitative estimate of drug-likeness (QED) is 0.137. The summed E-state index contributed by atoms with van der Waals surface area (Å²) in [6, 6.07) is 107. The first-order chi connectivity index (χ1) is 40.1. The van der Waals surface area contributed by atoms with Crippen LogP contribution >= 0.6 is 22.9 Å². The SMILES string of the molecule is Clc1ccc(-c2cc3ccccc3c3c(-c4ccc5c(c4)c(-c4ccccc4-c4ccc(N(c6ccc(-c7cc8ccccc8c8ccccc78)cc6)c6ccc7sc8ccccc8c7c6)cc4)cc4ccccc45)cccc23)cc1. The van der Waals surface area contributed by atoms with E-state index < -0.39 is 0 Å². The van der Waals surface area contributed by atoms with Crippen molar-refractivity contribution in [1.82, 2.24) is 0 Å². The van der Waals surface area contributed by atoms with Crippen molar-refractivity contribution in [1.29, 1.82) is 0 Å². The lowest BCUT2D eigenvalue weighted by Crippen LogP contribution is -2.09. The number of nitrogens with zero attached hydrogens (tertiary/aromatic N) is 1. The molecule has 0 radical (unpaired) electrons. The molecule has 16 rings (SSSR count). The van der Waals surface area contributed by atoms with Crippen molar-refractivity contribution in [3.8, 4) is 55.6 Å². The molecule has 0 atom stereocenters. The minimum atomic E-state index is 0.732. The van der Waals surface area contributed by atoms with Gasteiger partial charge in [0.2, 0.25) is 0 Å². The van der Waals surface area contributed by atoms with Gasteiger partial charge < -0.3 is 4.90 Å². The second-order valence-electron chi connectivity index (χ2n) is 21.2. The third-order valence-corrected chi connectivity index (χ3v) is 18.1. The van der Waals surface area contributed by atoms with Crippen molar-refractivity contribution in [3.63, 3.8) is 0 Å². The van der Waals surface area contributed by atoms with E-state index in [1.54, 1.807) is 0 Å². The third-order valence-electron chi connectivity index (χ3n) is 16.7. The van der Waals surface area contributed by atoms with Gasteiger partial charge in [0, 0.05) is 42.3 Å². The Bertz CT molecular complexity index is 5170. The highest BCUT2D eigenvalue weighted by molar-refractivity contribution is 7.25.